The maximum atomic E-state index is 12.9. The summed E-state index contributed by atoms with van der Waals surface area (Å²) >= 11 is 0. The van der Waals surface area contributed by atoms with Crippen LogP contribution in [0.4, 0.5) is 5.82 Å². The number of aromatic amines is 1. The molecule has 35 heavy (non-hydrogen) atoms. The highest BCUT2D eigenvalue weighted by atomic mass is 16.5. The van der Waals surface area contributed by atoms with Gasteiger partial charge >= 0.3 is 0 Å². The molecule has 2 heterocycles. The number of carbonyl (C=O) groups is 1. The van der Waals surface area contributed by atoms with E-state index in [-0.39, 0.29) is 18.0 Å². The first-order valence-corrected chi connectivity index (χ1v) is 11.4. The number of ether oxygens (including phenoxy) is 1. The molecular formula is C28H28N4O3. The van der Waals surface area contributed by atoms with Crippen molar-refractivity contribution in [3.8, 4) is 16.9 Å². The van der Waals surface area contributed by atoms with Crippen molar-refractivity contribution in [2.24, 2.45) is 0 Å². The lowest BCUT2D eigenvalue weighted by molar-refractivity contribution is 0.0949. The summed E-state index contributed by atoms with van der Waals surface area (Å²) in [4.78, 5) is 32.1. The molecule has 1 amide bonds. The SMILES string of the molecule is Cc1cc(C)c(CNC(=O)c2ccccc2CCOc2cccc(-c3ccc(N)nc3)c2)c(=O)[nH]1. The summed E-state index contributed by atoms with van der Waals surface area (Å²) in [6.07, 6.45) is 2.29. The number of anilines is 1. The minimum Gasteiger partial charge on any atom is -0.493 e. The van der Waals surface area contributed by atoms with Gasteiger partial charge in [0.15, 0.2) is 0 Å². The normalized spacial score (nSPS) is 10.7. The lowest BCUT2D eigenvalue weighted by Gasteiger charge is -2.12. The first-order chi connectivity index (χ1) is 16.9. The molecule has 0 atom stereocenters. The average molecular weight is 469 g/mol. The average Bonchev–Trinajstić information content (AvgIpc) is 2.84. The molecule has 0 radical (unpaired) electrons. The molecular weight excluding hydrogens is 440 g/mol. The molecule has 7 nitrogen and oxygen atoms in total. The third-order valence-corrected chi connectivity index (χ3v) is 5.78. The van der Waals surface area contributed by atoms with Gasteiger partial charge in [0.25, 0.3) is 11.5 Å². The van der Waals surface area contributed by atoms with E-state index in [0.29, 0.717) is 30.0 Å². The quantitative estimate of drug-likeness (QED) is 0.359. The Morgan fingerprint density at radius 2 is 1.86 bits per heavy atom. The minimum atomic E-state index is -0.224. The number of aryl methyl sites for hydroxylation is 2. The number of H-pyrrole nitrogens is 1. The fraction of sp³-hybridized carbons (Fsp3) is 0.179. The minimum absolute atomic E-state index is 0.165. The molecule has 0 aliphatic heterocycles. The van der Waals surface area contributed by atoms with E-state index in [0.717, 1.165) is 33.7 Å². The Morgan fingerprint density at radius 3 is 2.63 bits per heavy atom. The molecule has 0 aliphatic rings. The number of rotatable bonds is 8. The van der Waals surface area contributed by atoms with Crippen LogP contribution in [0.1, 0.15) is 32.7 Å². The number of hydrogen-bond donors (Lipinski definition) is 3. The van der Waals surface area contributed by atoms with Crippen molar-refractivity contribution in [3.63, 3.8) is 0 Å². The van der Waals surface area contributed by atoms with Crippen molar-refractivity contribution in [1.82, 2.24) is 15.3 Å². The van der Waals surface area contributed by atoms with Gasteiger partial charge in [0, 0.05) is 41.5 Å². The predicted molar refractivity (Wildman–Crippen MR) is 137 cm³/mol. The Labute approximate surface area is 204 Å². The lowest BCUT2D eigenvalue weighted by Crippen LogP contribution is -2.28. The van der Waals surface area contributed by atoms with Crippen molar-refractivity contribution in [2.45, 2.75) is 26.8 Å². The highest BCUT2D eigenvalue weighted by molar-refractivity contribution is 5.95. The highest BCUT2D eigenvalue weighted by Gasteiger charge is 2.13. The molecule has 0 aliphatic carbocycles. The van der Waals surface area contributed by atoms with Crippen LogP contribution in [0.25, 0.3) is 11.1 Å². The summed E-state index contributed by atoms with van der Waals surface area (Å²) in [5, 5.41) is 2.88. The predicted octanol–water partition coefficient (Wildman–Crippen LogP) is 4.19. The molecule has 0 bridgehead atoms. The Hall–Kier alpha value is -4.39. The van der Waals surface area contributed by atoms with Gasteiger partial charge < -0.3 is 20.8 Å². The van der Waals surface area contributed by atoms with Crippen LogP contribution in [0.5, 0.6) is 5.75 Å². The molecule has 4 N–H and O–H groups in total. The van der Waals surface area contributed by atoms with E-state index in [9.17, 15) is 9.59 Å². The summed E-state index contributed by atoms with van der Waals surface area (Å²) in [5.74, 6) is 0.984. The van der Waals surface area contributed by atoms with Crippen molar-refractivity contribution >= 4 is 11.7 Å². The first-order valence-electron chi connectivity index (χ1n) is 11.4. The van der Waals surface area contributed by atoms with E-state index >= 15 is 0 Å². The maximum Gasteiger partial charge on any atom is 0.253 e. The zero-order valence-electron chi connectivity index (χ0n) is 19.8. The third kappa shape index (κ3) is 5.95. The molecule has 0 saturated heterocycles. The molecule has 0 unspecified atom stereocenters. The maximum absolute atomic E-state index is 12.9. The smallest absolute Gasteiger partial charge is 0.253 e. The summed E-state index contributed by atoms with van der Waals surface area (Å²) in [7, 11) is 0. The van der Waals surface area contributed by atoms with Gasteiger partial charge in [-0.2, -0.15) is 0 Å². The molecule has 2 aromatic carbocycles. The number of aromatic nitrogens is 2. The van der Waals surface area contributed by atoms with Crippen LogP contribution >= 0.6 is 0 Å². The van der Waals surface area contributed by atoms with Crippen molar-refractivity contribution in [3.05, 3.63) is 111 Å². The Morgan fingerprint density at radius 1 is 1.03 bits per heavy atom. The molecule has 2 aromatic heterocycles. The van der Waals surface area contributed by atoms with Crippen molar-refractivity contribution in [1.29, 1.82) is 0 Å². The monoisotopic (exact) mass is 468 g/mol. The molecule has 4 rings (SSSR count). The fourth-order valence-corrected chi connectivity index (χ4v) is 3.95. The van der Waals surface area contributed by atoms with Crippen molar-refractivity contribution in [2.75, 3.05) is 12.3 Å². The van der Waals surface area contributed by atoms with Gasteiger partial charge in [-0.25, -0.2) is 4.98 Å². The fourth-order valence-electron chi connectivity index (χ4n) is 3.95. The number of hydrogen-bond acceptors (Lipinski definition) is 5. The van der Waals surface area contributed by atoms with Crippen LogP contribution in [-0.2, 0) is 13.0 Å². The number of pyridine rings is 2. The highest BCUT2D eigenvalue weighted by Crippen LogP contribution is 2.24. The van der Waals surface area contributed by atoms with Gasteiger partial charge in [0.05, 0.1) is 6.61 Å². The van der Waals surface area contributed by atoms with Crippen LogP contribution in [0.3, 0.4) is 0 Å². The van der Waals surface area contributed by atoms with Crippen molar-refractivity contribution < 1.29 is 9.53 Å². The van der Waals surface area contributed by atoms with E-state index in [1.165, 1.54) is 0 Å². The van der Waals surface area contributed by atoms with Crippen LogP contribution in [0.2, 0.25) is 0 Å². The van der Waals surface area contributed by atoms with Gasteiger partial charge in [-0.3, -0.25) is 9.59 Å². The second-order valence-corrected chi connectivity index (χ2v) is 8.38. The van der Waals surface area contributed by atoms with Gasteiger partial charge in [-0.1, -0.05) is 30.3 Å². The van der Waals surface area contributed by atoms with E-state index in [4.69, 9.17) is 10.5 Å². The zero-order valence-corrected chi connectivity index (χ0v) is 19.8. The lowest BCUT2D eigenvalue weighted by atomic mass is 10.0. The summed E-state index contributed by atoms with van der Waals surface area (Å²) in [6, 6.07) is 20.8. The van der Waals surface area contributed by atoms with Gasteiger partial charge in [-0.05, 0) is 66.9 Å². The van der Waals surface area contributed by atoms with E-state index in [1.54, 1.807) is 18.3 Å². The molecule has 0 spiro atoms. The van der Waals surface area contributed by atoms with Crippen LogP contribution in [-0.4, -0.2) is 22.5 Å². The van der Waals surface area contributed by atoms with Gasteiger partial charge in [-0.15, -0.1) is 0 Å². The number of nitrogens with one attached hydrogen (secondary N) is 2. The topological polar surface area (TPSA) is 110 Å². The summed E-state index contributed by atoms with van der Waals surface area (Å²) in [5.41, 5.74) is 11.1. The Balaban J connectivity index is 1.39. The number of benzene rings is 2. The number of nitrogen functional groups attached to an aromatic ring is 1. The zero-order chi connectivity index (χ0) is 24.8. The second-order valence-electron chi connectivity index (χ2n) is 8.38. The van der Waals surface area contributed by atoms with Crippen LogP contribution < -0.4 is 21.3 Å². The first kappa shape index (κ1) is 23.8. The molecule has 7 heteroatoms. The largest absolute Gasteiger partial charge is 0.493 e. The standard InChI is InChI=1S/C28H28N4O3/c1-18-14-19(2)32-28(34)25(18)17-31-27(33)24-9-4-3-6-20(24)12-13-35-23-8-5-7-21(15-23)22-10-11-26(29)30-16-22/h3-11,14-16H,12-13,17H2,1-2H3,(H2,29,30)(H,31,33)(H,32,34). The Bertz CT molecular complexity index is 1390. The number of nitrogens with two attached hydrogens (primary N) is 1. The summed E-state index contributed by atoms with van der Waals surface area (Å²) in [6.45, 7) is 4.27. The van der Waals surface area contributed by atoms with Gasteiger partial charge in [0.1, 0.15) is 11.6 Å². The second kappa shape index (κ2) is 10.7. The van der Waals surface area contributed by atoms with E-state index in [2.05, 4.69) is 15.3 Å². The van der Waals surface area contributed by atoms with Gasteiger partial charge in [0.2, 0.25) is 0 Å². The van der Waals surface area contributed by atoms with Crippen LogP contribution in [0, 0.1) is 13.8 Å². The molecule has 4 aromatic rings. The van der Waals surface area contributed by atoms with Crippen LogP contribution in [0.15, 0.2) is 77.7 Å². The van der Waals surface area contributed by atoms with E-state index in [1.807, 2.05) is 68.4 Å². The number of nitrogens with zero attached hydrogens (tertiary/aromatic N) is 1. The van der Waals surface area contributed by atoms with E-state index < -0.39 is 0 Å². The number of amides is 1. The Kier molecular flexibility index (Phi) is 7.26. The summed E-state index contributed by atoms with van der Waals surface area (Å²) < 4.78 is 5.98. The molecule has 0 fully saturated rings. The molecule has 178 valence electrons. The third-order valence-electron chi connectivity index (χ3n) is 5.78. The molecule has 0 saturated carbocycles. The number of carbonyl (C=O) groups excluding carboxylic acids is 1.